The number of carbonyl (C=O) groups excluding carboxylic acids is 2. The van der Waals surface area contributed by atoms with Crippen molar-refractivity contribution >= 4 is 34.4 Å². The molecule has 0 spiro atoms. The number of alkyl halides is 1. The summed E-state index contributed by atoms with van der Waals surface area (Å²) in [6, 6.07) is 0. The maximum Gasteiger partial charge on any atom is 0.277 e. The third kappa shape index (κ3) is 5.00. The Hall–Kier alpha value is -0.330. The molecule has 11 heavy (non-hydrogen) atoms. The second-order valence-corrected chi connectivity index (χ2v) is 3.44. The average Bonchev–Trinajstić information content (AvgIpc) is 1.98. The van der Waals surface area contributed by atoms with Crippen LogP contribution in [0, 0.1) is 0 Å². The van der Waals surface area contributed by atoms with Crippen LogP contribution in [-0.4, -0.2) is 15.7 Å². The summed E-state index contributed by atoms with van der Waals surface area (Å²) in [5, 5.41) is 6.35. The van der Waals surface area contributed by atoms with E-state index in [2.05, 4.69) is 10.2 Å². The van der Waals surface area contributed by atoms with Gasteiger partial charge in [-0.1, -0.05) is 29.5 Å². The maximum absolute atomic E-state index is 10.9. The fourth-order valence-electron chi connectivity index (χ4n) is 0.357. The first kappa shape index (κ1) is 10.7. The average molecular weight is 268 g/mol. The smallest absolute Gasteiger partial charge is 0.271 e. The first-order valence-corrected chi connectivity index (χ1v) is 4.42. The molecule has 0 radical (unpaired) electrons. The van der Waals surface area contributed by atoms with Gasteiger partial charge in [-0.05, 0) is 6.42 Å². The van der Waals surface area contributed by atoms with Crippen molar-refractivity contribution in [3.05, 3.63) is 0 Å². The van der Waals surface area contributed by atoms with Gasteiger partial charge in [-0.25, -0.2) is 0 Å². The molecule has 1 unspecified atom stereocenters. The largest absolute Gasteiger partial charge is 0.277 e. The van der Waals surface area contributed by atoms with E-state index in [1.807, 2.05) is 29.5 Å². The molecule has 0 saturated heterocycles. The van der Waals surface area contributed by atoms with Crippen LogP contribution < -0.4 is 0 Å². The van der Waals surface area contributed by atoms with Gasteiger partial charge in [-0.15, -0.1) is 10.2 Å². The first-order valence-electron chi connectivity index (χ1n) is 3.18. The lowest BCUT2D eigenvalue weighted by molar-refractivity contribution is -0.120. The van der Waals surface area contributed by atoms with Gasteiger partial charge in [0.2, 0.25) is 0 Å². The molecule has 0 rings (SSSR count). The Morgan fingerprint density at radius 2 is 2.00 bits per heavy atom. The minimum Gasteiger partial charge on any atom is -0.271 e. The van der Waals surface area contributed by atoms with Gasteiger partial charge in [0, 0.05) is 6.92 Å². The number of rotatable bonds is 2. The maximum atomic E-state index is 10.9. The number of azo groups is 1. The highest BCUT2D eigenvalue weighted by Gasteiger charge is 2.10. The number of carbonyl (C=O) groups is 2. The van der Waals surface area contributed by atoms with Crippen LogP contribution in [0.4, 0.5) is 0 Å². The molecule has 0 aromatic rings. The summed E-state index contributed by atoms with van der Waals surface area (Å²) in [6.45, 7) is 3.13. The van der Waals surface area contributed by atoms with Crippen molar-refractivity contribution in [2.24, 2.45) is 10.2 Å². The Bertz CT molecular complexity index is 191. The first-order chi connectivity index (χ1) is 5.07. The molecule has 0 aliphatic rings. The molecule has 0 fully saturated rings. The summed E-state index contributed by atoms with van der Waals surface area (Å²) in [6.07, 6.45) is 0.705. The minimum atomic E-state index is -0.446. The van der Waals surface area contributed by atoms with Crippen molar-refractivity contribution in [1.82, 2.24) is 0 Å². The molecule has 0 aliphatic heterocycles. The molecule has 62 valence electrons. The molecule has 0 saturated carbocycles. The number of amides is 2. The number of hydrogen-bond acceptors (Lipinski definition) is 2. The van der Waals surface area contributed by atoms with E-state index in [0.717, 1.165) is 0 Å². The molecule has 0 aliphatic carbocycles. The van der Waals surface area contributed by atoms with Crippen molar-refractivity contribution in [1.29, 1.82) is 0 Å². The van der Waals surface area contributed by atoms with Crippen LogP contribution in [0.2, 0.25) is 0 Å². The van der Waals surface area contributed by atoms with E-state index in [9.17, 15) is 9.59 Å². The summed E-state index contributed by atoms with van der Waals surface area (Å²) < 4.78 is -0.171. The van der Waals surface area contributed by atoms with Crippen LogP contribution in [0.25, 0.3) is 0 Å². The van der Waals surface area contributed by atoms with Gasteiger partial charge in [-0.3, -0.25) is 9.59 Å². The van der Waals surface area contributed by atoms with Gasteiger partial charge in [-0.2, -0.15) is 0 Å². The summed E-state index contributed by atoms with van der Waals surface area (Å²) in [5.41, 5.74) is 0. The highest BCUT2D eigenvalue weighted by molar-refractivity contribution is 14.1. The summed E-state index contributed by atoms with van der Waals surface area (Å²) >= 11 is 1.96. The van der Waals surface area contributed by atoms with Gasteiger partial charge < -0.3 is 0 Å². The van der Waals surface area contributed by atoms with Gasteiger partial charge in [0.1, 0.15) is 0 Å². The van der Waals surface area contributed by atoms with Crippen LogP contribution in [0.5, 0.6) is 0 Å². The lowest BCUT2D eigenvalue weighted by Gasteiger charge is -1.96. The van der Waals surface area contributed by atoms with E-state index in [1.54, 1.807) is 0 Å². The molecule has 0 bridgehead atoms. The molecular formula is C6H9IN2O2. The number of nitrogens with zero attached hydrogens (tertiary/aromatic N) is 2. The van der Waals surface area contributed by atoms with Crippen LogP contribution >= 0.6 is 22.6 Å². The molecule has 5 heteroatoms. The third-order valence-electron chi connectivity index (χ3n) is 0.916. The quantitative estimate of drug-likeness (QED) is 0.435. The second kappa shape index (κ2) is 5.34. The third-order valence-corrected chi connectivity index (χ3v) is 2.33. The van der Waals surface area contributed by atoms with Crippen LogP contribution in [0.15, 0.2) is 10.2 Å². The molecular weight excluding hydrogens is 259 g/mol. The molecule has 0 N–H and O–H groups in total. The molecule has 1 atom stereocenters. The topological polar surface area (TPSA) is 58.9 Å². The summed E-state index contributed by atoms with van der Waals surface area (Å²) in [5.74, 6) is -0.790. The van der Waals surface area contributed by atoms with Gasteiger partial charge in [0.25, 0.3) is 11.8 Å². The van der Waals surface area contributed by atoms with Crippen molar-refractivity contribution in [3.8, 4) is 0 Å². The van der Waals surface area contributed by atoms with Gasteiger partial charge in [0.15, 0.2) is 0 Å². The van der Waals surface area contributed by atoms with E-state index in [0.29, 0.717) is 6.42 Å². The Morgan fingerprint density at radius 1 is 1.45 bits per heavy atom. The molecule has 0 aromatic carbocycles. The summed E-state index contributed by atoms with van der Waals surface area (Å²) in [7, 11) is 0. The lowest BCUT2D eigenvalue weighted by Crippen LogP contribution is -2.08. The normalized spacial score (nSPS) is 13.4. The van der Waals surface area contributed by atoms with E-state index in [-0.39, 0.29) is 9.83 Å². The van der Waals surface area contributed by atoms with E-state index in [1.165, 1.54) is 6.92 Å². The standard InChI is InChI=1S/C6H9IN2O2/c1-3-5(7)6(11)9-8-4(2)10/h5H,3H2,1-2H3/b9-8-. The number of halogens is 1. The Balaban J connectivity index is 3.96. The SMILES string of the molecule is CCC(I)C(=O)/N=N\C(C)=O. The highest BCUT2D eigenvalue weighted by atomic mass is 127. The highest BCUT2D eigenvalue weighted by Crippen LogP contribution is 2.06. The fraction of sp³-hybridized carbons (Fsp3) is 0.667. The van der Waals surface area contributed by atoms with E-state index in [4.69, 9.17) is 0 Å². The molecule has 0 aromatic heterocycles. The molecule has 4 nitrogen and oxygen atoms in total. The monoisotopic (exact) mass is 268 g/mol. The zero-order valence-electron chi connectivity index (χ0n) is 6.37. The zero-order valence-corrected chi connectivity index (χ0v) is 8.53. The van der Waals surface area contributed by atoms with E-state index >= 15 is 0 Å². The van der Waals surface area contributed by atoms with Crippen molar-refractivity contribution in [3.63, 3.8) is 0 Å². The zero-order chi connectivity index (χ0) is 8.85. The van der Waals surface area contributed by atoms with Crippen LogP contribution in [0.1, 0.15) is 20.3 Å². The van der Waals surface area contributed by atoms with Crippen molar-refractivity contribution in [2.75, 3.05) is 0 Å². The van der Waals surface area contributed by atoms with E-state index < -0.39 is 5.91 Å². The van der Waals surface area contributed by atoms with Crippen molar-refractivity contribution < 1.29 is 9.59 Å². The predicted molar refractivity (Wildman–Crippen MR) is 48.6 cm³/mol. The lowest BCUT2D eigenvalue weighted by atomic mass is 10.3. The Morgan fingerprint density at radius 3 is 2.36 bits per heavy atom. The number of hydrogen-bond donors (Lipinski definition) is 0. The summed E-state index contributed by atoms with van der Waals surface area (Å²) in [4.78, 5) is 21.1. The Labute approximate surface area is 78.6 Å². The molecule has 0 heterocycles. The van der Waals surface area contributed by atoms with Crippen LogP contribution in [-0.2, 0) is 9.59 Å². The second-order valence-electron chi connectivity index (χ2n) is 1.93. The van der Waals surface area contributed by atoms with Gasteiger partial charge in [0.05, 0.1) is 3.92 Å². The van der Waals surface area contributed by atoms with Crippen LogP contribution in [0.3, 0.4) is 0 Å². The van der Waals surface area contributed by atoms with Gasteiger partial charge >= 0.3 is 0 Å². The molecule has 2 amide bonds. The Kier molecular flexibility index (Phi) is 5.18. The predicted octanol–water partition coefficient (Wildman–Crippen LogP) is 1.73. The van der Waals surface area contributed by atoms with Crippen molar-refractivity contribution in [2.45, 2.75) is 24.2 Å². The fourth-order valence-corrected chi connectivity index (χ4v) is 0.482. The minimum absolute atomic E-state index is 0.171.